The van der Waals surface area contributed by atoms with Crippen LogP contribution in [0.2, 0.25) is 0 Å². The third-order valence-corrected chi connectivity index (χ3v) is 4.85. The van der Waals surface area contributed by atoms with Gasteiger partial charge in [0.25, 0.3) is 0 Å². The standard InChI is InChI=1S/C17H26O.3C2H6/c1-11-12(2)15-13(10-14(11)18-7)16(3,4)8-9-17(15,5)6;3*1-2/h10H,8-9H2,1-7H3;3*1-2H3. The van der Waals surface area contributed by atoms with Crippen LogP contribution in [0, 0.1) is 13.8 Å². The van der Waals surface area contributed by atoms with E-state index >= 15 is 0 Å². The van der Waals surface area contributed by atoms with Crippen LogP contribution in [0.5, 0.6) is 5.75 Å². The largest absolute Gasteiger partial charge is 0.496 e. The SMILES string of the molecule is CC.CC.CC.COc1cc2c(c(C)c1C)C(C)(C)CCC2(C)C. The summed E-state index contributed by atoms with van der Waals surface area (Å²) in [6.07, 6.45) is 2.51. The van der Waals surface area contributed by atoms with Crippen LogP contribution in [0.15, 0.2) is 6.07 Å². The van der Waals surface area contributed by atoms with Crippen molar-refractivity contribution in [3.63, 3.8) is 0 Å². The fourth-order valence-electron chi connectivity index (χ4n) is 3.39. The van der Waals surface area contributed by atoms with Gasteiger partial charge in [-0.15, -0.1) is 0 Å². The summed E-state index contributed by atoms with van der Waals surface area (Å²) in [6, 6.07) is 2.28. The molecule has 1 nitrogen and oxygen atoms in total. The van der Waals surface area contributed by atoms with Crippen molar-refractivity contribution in [1.82, 2.24) is 0 Å². The Morgan fingerprint density at radius 1 is 0.750 bits per heavy atom. The molecule has 1 heteroatoms. The molecular formula is C23H44O. The molecule has 0 aliphatic heterocycles. The zero-order valence-electron chi connectivity index (χ0n) is 18.9. The number of hydrogen-bond acceptors (Lipinski definition) is 1. The number of fused-ring (bicyclic) bond motifs is 1. The minimum atomic E-state index is 0.261. The first-order valence-electron chi connectivity index (χ1n) is 9.90. The van der Waals surface area contributed by atoms with E-state index in [0.717, 1.165) is 5.75 Å². The van der Waals surface area contributed by atoms with Crippen LogP contribution in [0.1, 0.15) is 104 Å². The van der Waals surface area contributed by atoms with E-state index in [1.165, 1.54) is 29.5 Å². The molecule has 1 aromatic rings. The van der Waals surface area contributed by atoms with Crippen LogP contribution < -0.4 is 4.74 Å². The third-order valence-electron chi connectivity index (χ3n) is 4.85. The average molecular weight is 337 g/mol. The summed E-state index contributed by atoms with van der Waals surface area (Å²) < 4.78 is 5.55. The minimum absolute atomic E-state index is 0.261. The Labute approximate surface area is 153 Å². The maximum atomic E-state index is 5.55. The quantitative estimate of drug-likeness (QED) is 0.509. The molecule has 1 aliphatic rings. The lowest BCUT2D eigenvalue weighted by molar-refractivity contribution is 0.326. The summed E-state index contributed by atoms with van der Waals surface area (Å²) in [6.45, 7) is 25.9. The summed E-state index contributed by atoms with van der Waals surface area (Å²) in [7, 11) is 1.77. The van der Waals surface area contributed by atoms with Crippen LogP contribution >= 0.6 is 0 Å². The first-order valence-corrected chi connectivity index (χ1v) is 9.90. The summed E-state index contributed by atoms with van der Waals surface area (Å²) >= 11 is 0. The van der Waals surface area contributed by atoms with Gasteiger partial charge >= 0.3 is 0 Å². The predicted molar refractivity (Wildman–Crippen MR) is 112 cm³/mol. The molecule has 1 aliphatic carbocycles. The van der Waals surface area contributed by atoms with E-state index in [9.17, 15) is 0 Å². The second kappa shape index (κ2) is 10.8. The van der Waals surface area contributed by atoms with E-state index in [2.05, 4.69) is 47.6 Å². The summed E-state index contributed by atoms with van der Waals surface area (Å²) in [4.78, 5) is 0. The molecule has 142 valence electrons. The zero-order chi connectivity index (χ0) is 19.7. The highest BCUT2D eigenvalue weighted by molar-refractivity contribution is 5.54. The monoisotopic (exact) mass is 336 g/mol. The van der Waals surface area contributed by atoms with Gasteiger partial charge in [-0.2, -0.15) is 0 Å². The van der Waals surface area contributed by atoms with Crippen molar-refractivity contribution in [3.05, 3.63) is 28.3 Å². The Kier molecular flexibility index (Phi) is 11.4. The smallest absolute Gasteiger partial charge is 0.122 e. The molecule has 0 bridgehead atoms. The molecule has 1 aromatic carbocycles. The van der Waals surface area contributed by atoms with Crippen LogP contribution in [0.25, 0.3) is 0 Å². The van der Waals surface area contributed by atoms with Crippen LogP contribution in [0.3, 0.4) is 0 Å². The van der Waals surface area contributed by atoms with Gasteiger partial charge in [0.2, 0.25) is 0 Å². The normalized spacial score (nSPS) is 16.0. The van der Waals surface area contributed by atoms with Crippen LogP contribution in [0.4, 0.5) is 0 Å². The lowest BCUT2D eigenvalue weighted by Gasteiger charge is -2.43. The van der Waals surface area contributed by atoms with Crippen molar-refractivity contribution >= 4 is 0 Å². The molecule has 0 unspecified atom stereocenters. The summed E-state index contributed by atoms with van der Waals surface area (Å²) in [5.74, 6) is 1.04. The minimum Gasteiger partial charge on any atom is -0.496 e. The first kappa shape index (κ1) is 25.3. The molecular weight excluding hydrogens is 292 g/mol. The van der Waals surface area contributed by atoms with Crippen molar-refractivity contribution in [2.45, 2.75) is 107 Å². The fraction of sp³-hybridized carbons (Fsp3) is 0.739. The van der Waals surface area contributed by atoms with Gasteiger partial charge in [0.15, 0.2) is 0 Å². The molecule has 0 atom stereocenters. The van der Waals surface area contributed by atoms with E-state index in [-0.39, 0.29) is 10.8 Å². The number of methoxy groups -OCH3 is 1. The summed E-state index contributed by atoms with van der Waals surface area (Å²) in [5.41, 5.74) is 6.29. The second-order valence-electron chi connectivity index (χ2n) is 7.02. The molecule has 0 radical (unpaired) electrons. The molecule has 0 saturated carbocycles. The highest BCUT2D eigenvalue weighted by atomic mass is 16.5. The zero-order valence-corrected chi connectivity index (χ0v) is 18.9. The van der Waals surface area contributed by atoms with Gasteiger partial charge < -0.3 is 4.74 Å². The number of hydrogen-bond donors (Lipinski definition) is 0. The number of ether oxygens (including phenoxy) is 1. The Hall–Kier alpha value is -0.980. The lowest BCUT2D eigenvalue weighted by Crippen LogP contribution is -2.35. The van der Waals surface area contributed by atoms with Crippen LogP contribution in [-0.2, 0) is 10.8 Å². The van der Waals surface area contributed by atoms with Crippen molar-refractivity contribution in [2.75, 3.05) is 7.11 Å². The van der Waals surface area contributed by atoms with Crippen molar-refractivity contribution in [3.8, 4) is 5.75 Å². The van der Waals surface area contributed by atoms with Gasteiger partial charge in [0, 0.05) is 0 Å². The number of rotatable bonds is 1. The van der Waals surface area contributed by atoms with E-state index in [4.69, 9.17) is 4.74 Å². The van der Waals surface area contributed by atoms with E-state index in [0.29, 0.717) is 0 Å². The highest BCUT2D eigenvalue weighted by Crippen LogP contribution is 2.49. The van der Waals surface area contributed by atoms with Gasteiger partial charge in [-0.1, -0.05) is 69.2 Å². The molecule has 2 rings (SSSR count). The predicted octanol–water partition coefficient (Wildman–Crippen LogP) is 7.74. The van der Waals surface area contributed by atoms with E-state index in [1.807, 2.05) is 41.5 Å². The molecule has 0 saturated heterocycles. The van der Waals surface area contributed by atoms with E-state index in [1.54, 1.807) is 12.7 Å². The molecule has 0 heterocycles. The Morgan fingerprint density at radius 3 is 1.58 bits per heavy atom. The maximum absolute atomic E-state index is 5.55. The molecule has 24 heavy (non-hydrogen) atoms. The van der Waals surface area contributed by atoms with Gasteiger partial charge in [0.1, 0.15) is 5.75 Å². The Bertz CT molecular complexity index is 481. The topological polar surface area (TPSA) is 9.23 Å². The van der Waals surface area contributed by atoms with Crippen LogP contribution in [-0.4, -0.2) is 7.11 Å². The summed E-state index contributed by atoms with van der Waals surface area (Å²) in [5, 5.41) is 0. The van der Waals surface area contributed by atoms with Crippen molar-refractivity contribution in [1.29, 1.82) is 0 Å². The second-order valence-corrected chi connectivity index (χ2v) is 7.02. The van der Waals surface area contributed by atoms with Crippen molar-refractivity contribution < 1.29 is 4.74 Å². The van der Waals surface area contributed by atoms with Gasteiger partial charge in [0.05, 0.1) is 7.11 Å². The van der Waals surface area contributed by atoms with E-state index < -0.39 is 0 Å². The number of benzene rings is 1. The molecule has 0 amide bonds. The Morgan fingerprint density at radius 2 is 1.17 bits per heavy atom. The molecule has 0 fully saturated rings. The molecule has 0 spiro atoms. The fourth-order valence-corrected chi connectivity index (χ4v) is 3.39. The lowest BCUT2D eigenvalue weighted by atomic mass is 9.61. The van der Waals surface area contributed by atoms with Gasteiger partial charge in [-0.25, -0.2) is 0 Å². The first-order chi connectivity index (χ1) is 11.2. The van der Waals surface area contributed by atoms with Gasteiger partial charge in [-0.05, 0) is 65.8 Å². The maximum Gasteiger partial charge on any atom is 0.122 e. The third kappa shape index (κ3) is 5.26. The average Bonchev–Trinajstić information content (AvgIpc) is 2.59. The molecule has 0 N–H and O–H groups in total. The Balaban J connectivity index is 0. The highest BCUT2D eigenvalue weighted by Gasteiger charge is 2.39. The van der Waals surface area contributed by atoms with Crippen molar-refractivity contribution in [2.24, 2.45) is 0 Å². The van der Waals surface area contributed by atoms with Gasteiger partial charge in [-0.3, -0.25) is 0 Å². The molecule has 0 aromatic heterocycles.